The molecule has 0 spiro atoms. The van der Waals surface area contributed by atoms with Gasteiger partial charge in [-0.15, -0.1) is 0 Å². The van der Waals surface area contributed by atoms with Crippen molar-refractivity contribution >= 4 is 59.2 Å². The summed E-state index contributed by atoms with van der Waals surface area (Å²) >= 11 is 0. The summed E-state index contributed by atoms with van der Waals surface area (Å²) in [5.41, 5.74) is 17.0. The molecule has 8 amide bonds. The first-order valence-corrected chi connectivity index (χ1v) is 20.9. The van der Waals surface area contributed by atoms with E-state index in [1.807, 2.05) is 27.7 Å². The molecule has 0 aromatic carbocycles. The molecule has 0 unspecified atom stereocenters. The van der Waals surface area contributed by atoms with Gasteiger partial charge in [-0.2, -0.15) is 0 Å². The predicted octanol–water partition coefficient (Wildman–Crippen LogP) is -3.21. The summed E-state index contributed by atoms with van der Waals surface area (Å²) < 4.78 is 0. The number of unbranched alkanes of at least 4 members (excludes halogenated alkanes) is 2. The van der Waals surface area contributed by atoms with Gasteiger partial charge in [-0.3, -0.25) is 43.2 Å². The third kappa shape index (κ3) is 23.5. The van der Waals surface area contributed by atoms with Crippen molar-refractivity contribution < 1.29 is 58.2 Å². The maximum atomic E-state index is 13.5. The average Bonchev–Trinajstić information content (AvgIpc) is 3.17. The number of carboxylic acids is 2. The smallest absolute Gasteiger partial charge is 0.326 e. The summed E-state index contributed by atoms with van der Waals surface area (Å²) in [4.78, 5) is 127. The van der Waals surface area contributed by atoms with Gasteiger partial charge in [0.05, 0.1) is 19.0 Å². The Labute approximate surface area is 362 Å². The number of amides is 8. The van der Waals surface area contributed by atoms with E-state index in [4.69, 9.17) is 17.2 Å². The van der Waals surface area contributed by atoms with Crippen LogP contribution in [0.5, 0.6) is 0 Å². The molecule has 0 heterocycles. The number of aliphatic carboxylic acids is 2. The molecule has 16 N–H and O–H groups in total. The van der Waals surface area contributed by atoms with Crippen molar-refractivity contribution in [2.24, 2.45) is 29.0 Å². The van der Waals surface area contributed by atoms with Crippen molar-refractivity contribution in [3.05, 3.63) is 0 Å². The van der Waals surface area contributed by atoms with Crippen LogP contribution in [0.3, 0.4) is 0 Å². The molecule has 23 heteroatoms. The van der Waals surface area contributed by atoms with E-state index in [9.17, 15) is 58.2 Å². The molecule has 0 aliphatic rings. The fraction of sp³-hybridized carbons (Fsp3) is 0.744. The van der Waals surface area contributed by atoms with E-state index in [0.29, 0.717) is 45.2 Å². The first kappa shape index (κ1) is 56.6. The van der Waals surface area contributed by atoms with E-state index in [1.54, 1.807) is 0 Å². The number of rotatable bonds is 31. The molecule has 62 heavy (non-hydrogen) atoms. The molecular formula is C39H71N11O12. The molecule has 0 rings (SSSR count). The molecule has 8 atom stereocenters. The molecule has 0 saturated carbocycles. The van der Waals surface area contributed by atoms with Crippen molar-refractivity contribution in [2.45, 2.75) is 155 Å². The fourth-order valence-electron chi connectivity index (χ4n) is 5.76. The van der Waals surface area contributed by atoms with Crippen LogP contribution in [0.15, 0.2) is 0 Å². The number of hydrogen-bond acceptors (Lipinski definition) is 13. The third-order valence-corrected chi connectivity index (χ3v) is 9.26. The van der Waals surface area contributed by atoms with Crippen LogP contribution >= 0.6 is 0 Å². The van der Waals surface area contributed by atoms with Crippen molar-refractivity contribution in [2.75, 3.05) is 19.6 Å². The lowest BCUT2D eigenvalue weighted by Gasteiger charge is -2.27. The normalized spacial score (nSPS) is 15.0. The highest BCUT2D eigenvalue weighted by molar-refractivity contribution is 5.98. The minimum absolute atomic E-state index is 0.0188. The van der Waals surface area contributed by atoms with Crippen LogP contribution in [-0.2, 0) is 47.9 Å². The number of carbonyl (C=O) groups is 10. The molecule has 0 aromatic rings. The van der Waals surface area contributed by atoms with Gasteiger partial charge in [0.25, 0.3) is 0 Å². The summed E-state index contributed by atoms with van der Waals surface area (Å²) in [6, 6.07) is -9.90. The second-order valence-electron chi connectivity index (χ2n) is 16.1. The number of nitrogens with one attached hydrogen (secondary N) is 8. The highest BCUT2D eigenvalue weighted by Gasteiger charge is 2.32. The van der Waals surface area contributed by atoms with Crippen molar-refractivity contribution in [1.29, 1.82) is 0 Å². The lowest BCUT2D eigenvalue weighted by atomic mass is 9.99. The zero-order valence-electron chi connectivity index (χ0n) is 37.0. The van der Waals surface area contributed by atoms with Crippen LogP contribution in [0.2, 0.25) is 0 Å². The van der Waals surface area contributed by atoms with Gasteiger partial charge in [-0.1, -0.05) is 34.1 Å². The molecule has 23 nitrogen and oxygen atoms in total. The average molecular weight is 886 g/mol. The lowest BCUT2D eigenvalue weighted by Crippen LogP contribution is -2.59. The molecular weight excluding hydrogens is 814 g/mol. The maximum Gasteiger partial charge on any atom is 0.326 e. The number of nitrogens with two attached hydrogens (primary N) is 3. The molecule has 0 bridgehead atoms. The molecule has 0 fully saturated rings. The largest absolute Gasteiger partial charge is 0.481 e. The Balaban J connectivity index is 5.53. The van der Waals surface area contributed by atoms with Gasteiger partial charge in [0.2, 0.25) is 47.3 Å². The van der Waals surface area contributed by atoms with Crippen LogP contribution in [0.4, 0.5) is 0 Å². The number of carboxylic acid groups (broad SMARTS) is 2. The Hall–Kier alpha value is -5.42. The Bertz CT molecular complexity index is 1530. The van der Waals surface area contributed by atoms with E-state index in [2.05, 4.69) is 42.5 Å². The molecule has 0 radical (unpaired) electrons. The van der Waals surface area contributed by atoms with E-state index < -0.39 is 120 Å². The minimum atomic E-state index is -1.73. The predicted molar refractivity (Wildman–Crippen MR) is 226 cm³/mol. The fourth-order valence-corrected chi connectivity index (χ4v) is 5.76. The first-order valence-electron chi connectivity index (χ1n) is 20.9. The zero-order chi connectivity index (χ0) is 47.7. The summed E-state index contributed by atoms with van der Waals surface area (Å²) in [6.45, 7) is 11.3. The molecule has 0 aliphatic heterocycles. The Kier molecular flexibility index (Phi) is 27.2. The maximum absolute atomic E-state index is 13.5. The van der Waals surface area contributed by atoms with Gasteiger partial charge >= 0.3 is 11.9 Å². The van der Waals surface area contributed by atoms with Crippen LogP contribution in [0, 0.1) is 11.8 Å². The standard InChI is InChI=1S/C39H71N11O12/c1-20(2)16-27(50-38(60)28(17-21(3)4)49-35(57)25(42)12-8-10-14-40)36(58)46-23(6)33(55)44-24(7)34(56)48-29(18-31(52)53)37(59)45-22(5)32(54)43-19-30(51)47-26(39(61)62)13-9-11-15-41/h20-29H,8-19,40-42H2,1-7H3,(H,43,54)(H,44,55)(H,45,59)(H,46,58)(H,47,51)(H,48,56)(H,49,57)(H,50,60)(H,52,53)(H,61,62)/t22-,23-,24-,25-,26-,27-,28-,29-/m0/s1. The Morgan fingerprint density at radius 2 is 0.871 bits per heavy atom. The van der Waals surface area contributed by atoms with E-state index in [0.717, 1.165) is 0 Å². The van der Waals surface area contributed by atoms with Crippen LogP contribution in [-0.4, -0.2) is 137 Å². The Morgan fingerprint density at radius 1 is 0.468 bits per heavy atom. The summed E-state index contributed by atoms with van der Waals surface area (Å²) in [6.07, 6.45) is 2.28. The van der Waals surface area contributed by atoms with E-state index in [1.165, 1.54) is 20.8 Å². The topological polar surface area (TPSA) is 385 Å². The van der Waals surface area contributed by atoms with Gasteiger partial charge in [-0.05, 0) is 90.6 Å². The lowest BCUT2D eigenvalue weighted by molar-refractivity contribution is -0.142. The van der Waals surface area contributed by atoms with Crippen molar-refractivity contribution in [3.8, 4) is 0 Å². The van der Waals surface area contributed by atoms with Gasteiger partial charge in [0.1, 0.15) is 42.3 Å². The first-order chi connectivity index (χ1) is 28.9. The molecule has 0 aliphatic carbocycles. The SMILES string of the molecule is CC(C)C[C@H](NC(=O)[C@H](CC(C)C)NC(=O)[C@@H](N)CCCCN)C(=O)N[C@@H](C)C(=O)N[C@@H](C)C(=O)N[C@@H](CC(=O)O)C(=O)N[C@@H](C)C(=O)NCC(=O)N[C@@H](CCCCN)C(=O)O. The third-order valence-electron chi connectivity index (χ3n) is 9.26. The van der Waals surface area contributed by atoms with Crippen LogP contribution in [0.1, 0.15) is 106 Å². The van der Waals surface area contributed by atoms with Gasteiger partial charge in [0.15, 0.2) is 0 Å². The van der Waals surface area contributed by atoms with Gasteiger partial charge in [0, 0.05) is 0 Å². The van der Waals surface area contributed by atoms with Crippen LogP contribution in [0.25, 0.3) is 0 Å². The van der Waals surface area contributed by atoms with Crippen molar-refractivity contribution in [1.82, 2.24) is 42.5 Å². The van der Waals surface area contributed by atoms with Gasteiger partial charge in [-0.25, -0.2) is 4.79 Å². The van der Waals surface area contributed by atoms with Crippen molar-refractivity contribution in [3.63, 3.8) is 0 Å². The minimum Gasteiger partial charge on any atom is -0.481 e. The van der Waals surface area contributed by atoms with Gasteiger partial charge < -0.3 is 69.9 Å². The van der Waals surface area contributed by atoms with E-state index in [-0.39, 0.29) is 31.1 Å². The quantitative estimate of drug-likeness (QED) is 0.0305. The number of carbonyl (C=O) groups excluding carboxylic acids is 8. The summed E-state index contributed by atoms with van der Waals surface area (Å²) in [7, 11) is 0. The number of hydrogen-bond donors (Lipinski definition) is 13. The highest BCUT2D eigenvalue weighted by atomic mass is 16.4. The second kappa shape index (κ2) is 29.8. The highest BCUT2D eigenvalue weighted by Crippen LogP contribution is 2.10. The monoisotopic (exact) mass is 886 g/mol. The second-order valence-corrected chi connectivity index (χ2v) is 16.1. The molecule has 0 saturated heterocycles. The molecule has 354 valence electrons. The summed E-state index contributed by atoms with van der Waals surface area (Å²) in [5, 5.41) is 38.0. The zero-order valence-corrected chi connectivity index (χ0v) is 37.0. The van der Waals surface area contributed by atoms with E-state index >= 15 is 0 Å². The Morgan fingerprint density at radius 3 is 1.34 bits per heavy atom. The molecule has 0 aromatic heterocycles. The van der Waals surface area contributed by atoms with Crippen LogP contribution < -0.4 is 59.7 Å². The summed E-state index contributed by atoms with van der Waals surface area (Å²) in [5.74, 6) is -9.37.